The molecule has 2 aromatic carbocycles. The Morgan fingerprint density at radius 2 is 1.97 bits per heavy atom. The van der Waals surface area contributed by atoms with Gasteiger partial charge >= 0.3 is 6.03 Å². The summed E-state index contributed by atoms with van der Waals surface area (Å²) in [7, 11) is 0. The number of aryl methyl sites for hydroxylation is 1. The molecular weight excluding hydrogens is 410 g/mol. The van der Waals surface area contributed by atoms with E-state index in [-0.39, 0.29) is 12.1 Å². The van der Waals surface area contributed by atoms with Crippen molar-refractivity contribution in [2.24, 2.45) is 0 Å². The van der Waals surface area contributed by atoms with Crippen LogP contribution in [-0.2, 0) is 6.54 Å². The summed E-state index contributed by atoms with van der Waals surface area (Å²) in [6.45, 7) is 4.37. The molecule has 0 saturated carbocycles. The Morgan fingerprint density at radius 1 is 1.16 bits per heavy atom. The number of nitrogens with one attached hydrogen (secondary N) is 1. The summed E-state index contributed by atoms with van der Waals surface area (Å²) < 4.78 is 11.4. The number of benzene rings is 2. The molecule has 7 heteroatoms. The Bertz CT molecular complexity index is 1080. The van der Waals surface area contributed by atoms with Crippen LogP contribution in [0.1, 0.15) is 35.0 Å². The number of hydrogen-bond donors (Lipinski definition) is 1. The lowest BCUT2D eigenvalue weighted by Gasteiger charge is -2.27. The molecule has 1 saturated heterocycles. The zero-order valence-corrected chi connectivity index (χ0v) is 18.3. The SMILES string of the molecule is Cc1nc(-c2ccccc2)sc1CNC(=O)N1CCCC1c1ccc2c(c1)OCCO2. The van der Waals surface area contributed by atoms with Crippen LogP contribution in [0.4, 0.5) is 4.79 Å². The second-order valence-electron chi connectivity index (χ2n) is 7.81. The topological polar surface area (TPSA) is 63.7 Å². The third-order valence-electron chi connectivity index (χ3n) is 5.78. The van der Waals surface area contributed by atoms with E-state index in [1.165, 1.54) is 0 Å². The zero-order valence-electron chi connectivity index (χ0n) is 17.5. The summed E-state index contributed by atoms with van der Waals surface area (Å²) in [5, 5.41) is 4.09. The van der Waals surface area contributed by atoms with Crippen LogP contribution in [0, 0.1) is 6.92 Å². The molecule has 2 aliphatic heterocycles. The first kappa shape index (κ1) is 19.9. The predicted octanol–water partition coefficient (Wildman–Crippen LogP) is 4.94. The fourth-order valence-corrected chi connectivity index (χ4v) is 5.18. The minimum Gasteiger partial charge on any atom is -0.486 e. The van der Waals surface area contributed by atoms with Crippen LogP contribution in [0.2, 0.25) is 0 Å². The van der Waals surface area contributed by atoms with Gasteiger partial charge in [-0.3, -0.25) is 0 Å². The highest BCUT2D eigenvalue weighted by atomic mass is 32.1. The summed E-state index contributed by atoms with van der Waals surface area (Å²) in [6, 6.07) is 16.2. The number of fused-ring (bicyclic) bond motifs is 1. The number of nitrogens with zero attached hydrogens (tertiary/aromatic N) is 2. The van der Waals surface area contributed by atoms with Gasteiger partial charge in [0.05, 0.1) is 18.3 Å². The van der Waals surface area contributed by atoms with Gasteiger partial charge in [0.25, 0.3) is 0 Å². The predicted molar refractivity (Wildman–Crippen MR) is 121 cm³/mol. The Kier molecular flexibility index (Phi) is 5.51. The number of likely N-dealkylation sites (tertiary alicyclic amines) is 1. The summed E-state index contributed by atoms with van der Waals surface area (Å²) in [4.78, 5) is 20.7. The van der Waals surface area contributed by atoms with Crippen LogP contribution in [0.5, 0.6) is 11.5 Å². The van der Waals surface area contributed by atoms with Gasteiger partial charge in [0.2, 0.25) is 0 Å². The molecule has 0 radical (unpaired) electrons. The molecule has 3 heterocycles. The number of urea groups is 1. The van der Waals surface area contributed by atoms with E-state index in [1.807, 2.05) is 48.2 Å². The van der Waals surface area contributed by atoms with Gasteiger partial charge in [0.15, 0.2) is 11.5 Å². The molecule has 1 atom stereocenters. The van der Waals surface area contributed by atoms with Crippen LogP contribution in [0.15, 0.2) is 48.5 Å². The van der Waals surface area contributed by atoms with Gasteiger partial charge in [-0.25, -0.2) is 9.78 Å². The lowest BCUT2D eigenvalue weighted by Crippen LogP contribution is -2.39. The largest absolute Gasteiger partial charge is 0.486 e. The first-order valence-electron chi connectivity index (χ1n) is 10.6. The third kappa shape index (κ3) is 4.10. The standard InChI is InChI=1S/C24H25N3O3S/c1-16-22(31-23(26-16)17-6-3-2-4-7-17)15-25-24(28)27-11-5-8-19(27)18-9-10-20-21(14-18)30-13-12-29-20/h2-4,6-7,9-10,14,19H,5,8,11-13,15H2,1H3,(H,25,28). The molecule has 1 aromatic heterocycles. The van der Waals surface area contributed by atoms with E-state index in [4.69, 9.17) is 9.47 Å². The molecule has 2 amide bonds. The average Bonchev–Trinajstić information content (AvgIpc) is 3.45. The molecule has 2 aliphatic rings. The highest BCUT2D eigenvalue weighted by Gasteiger charge is 2.31. The molecule has 31 heavy (non-hydrogen) atoms. The maximum absolute atomic E-state index is 13.0. The minimum absolute atomic E-state index is 0.0357. The number of hydrogen-bond acceptors (Lipinski definition) is 5. The maximum Gasteiger partial charge on any atom is 0.318 e. The molecule has 0 aliphatic carbocycles. The fraction of sp³-hybridized carbons (Fsp3) is 0.333. The van der Waals surface area contributed by atoms with E-state index < -0.39 is 0 Å². The van der Waals surface area contributed by atoms with Crippen molar-refractivity contribution in [1.29, 1.82) is 0 Å². The van der Waals surface area contributed by atoms with E-state index in [9.17, 15) is 4.79 Å². The molecular formula is C24H25N3O3S. The van der Waals surface area contributed by atoms with Crippen molar-refractivity contribution >= 4 is 17.4 Å². The van der Waals surface area contributed by atoms with Gasteiger partial charge in [0.1, 0.15) is 18.2 Å². The number of carbonyl (C=O) groups excluding carboxylic acids is 1. The van der Waals surface area contributed by atoms with Crippen LogP contribution < -0.4 is 14.8 Å². The summed E-state index contributed by atoms with van der Waals surface area (Å²) in [5.74, 6) is 1.55. The molecule has 0 bridgehead atoms. The highest BCUT2D eigenvalue weighted by Crippen LogP contribution is 2.38. The smallest absolute Gasteiger partial charge is 0.318 e. The van der Waals surface area contributed by atoms with Crippen molar-refractivity contribution in [2.75, 3.05) is 19.8 Å². The first-order valence-corrected chi connectivity index (χ1v) is 11.5. The maximum atomic E-state index is 13.0. The van der Waals surface area contributed by atoms with Crippen molar-refractivity contribution < 1.29 is 14.3 Å². The Labute approximate surface area is 185 Å². The van der Waals surface area contributed by atoms with Gasteiger partial charge < -0.3 is 19.7 Å². The highest BCUT2D eigenvalue weighted by molar-refractivity contribution is 7.15. The quantitative estimate of drug-likeness (QED) is 0.631. The molecule has 1 N–H and O–H groups in total. The molecule has 3 aromatic rings. The normalized spacial score (nSPS) is 17.6. The second-order valence-corrected chi connectivity index (χ2v) is 8.89. The fourth-order valence-electron chi connectivity index (χ4n) is 4.18. The van der Waals surface area contributed by atoms with E-state index in [0.717, 1.165) is 57.6 Å². The minimum atomic E-state index is -0.0357. The Morgan fingerprint density at radius 3 is 2.81 bits per heavy atom. The van der Waals surface area contributed by atoms with Gasteiger partial charge in [0, 0.05) is 17.0 Å². The second kappa shape index (κ2) is 8.59. The molecule has 6 nitrogen and oxygen atoms in total. The lowest BCUT2D eigenvalue weighted by molar-refractivity contribution is 0.170. The van der Waals surface area contributed by atoms with Crippen molar-refractivity contribution in [2.45, 2.75) is 32.4 Å². The molecule has 0 spiro atoms. The number of ether oxygens (including phenoxy) is 2. The van der Waals surface area contributed by atoms with E-state index >= 15 is 0 Å². The van der Waals surface area contributed by atoms with Crippen LogP contribution in [0.3, 0.4) is 0 Å². The number of amides is 2. The summed E-state index contributed by atoms with van der Waals surface area (Å²) >= 11 is 1.63. The van der Waals surface area contributed by atoms with Gasteiger partial charge in [-0.1, -0.05) is 36.4 Å². The average molecular weight is 436 g/mol. The van der Waals surface area contributed by atoms with Crippen LogP contribution >= 0.6 is 11.3 Å². The number of carbonyl (C=O) groups is 1. The zero-order chi connectivity index (χ0) is 21.2. The van der Waals surface area contributed by atoms with Crippen molar-refractivity contribution in [3.8, 4) is 22.1 Å². The van der Waals surface area contributed by atoms with E-state index in [1.54, 1.807) is 11.3 Å². The van der Waals surface area contributed by atoms with Gasteiger partial charge in [-0.15, -0.1) is 11.3 Å². The Hall–Kier alpha value is -3.06. The van der Waals surface area contributed by atoms with E-state index in [0.29, 0.717) is 19.8 Å². The molecule has 1 fully saturated rings. The monoisotopic (exact) mass is 435 g/mol. The van der Waals surface area contributed by atoms with Crippen molar-refractivity contribution in [1.82, 2.24) is 15.2 Å². The third-order valence-corrected chi connectivity index (χ3v) is 6.98. The summed E-state index contributed by atoms with van der Waals surface area (Å²) in [6.07, 6.45) is 1.94. The van der Waals surface area contributed by atoms with Crippen molar-refractivity contribution in [3.63, 3.8) is 0 Å². The van der Waals surface area contributed by atoms with Gasteiger partial charge in [-0.05, 0) is 37.5 Å². The lowest BCUT2D eigenvalue weighted by atomic mass is 10.0. The van der Waals surface area contributed by atoms with Gasteiger partial charge in [-0.2, -0.15) is 0 Å². The molecule has 1 unspecified atom stereocenters. The molecule has 160 valence electrons. The van der Waals surface area contributed by atoms with Crippen LogP contribution in [0.25, 0.3) is 10.6 Å². The van der Waals surface area contributed by atoms with Crippen molar-refractivity contribution in [3.05, 3.63) is 64.7 Å². The van der Waals surface area contributed by atoms with E-state index in [2.05, 4.69) is 22.4 Å². The number of aromatic nitrogens is 1. The number of rotatable bonds is 4. The number of thiazole rings is 1. The molecule has 5 rings (SSSR count). The first-order chi connectivity index (χ1) is 15.2. The summed E-state index contributed by atoms with van der Waals surface area (Å²) in [5.41, 5.74) is 3.16. The van der Waals surface area contributed by atoms with Crippen LogP contribution in [-0.4, -0.2) is 35.7 Å². The Balaban J connectivity index is 1.27.